The second-order valence-electron chi connectivity index (χ2n) is 7.04. The van der Waals surface area contributed by atoms with Crippen LogP contribution in [-0.4, -0.2) is 84.2 Å². The Morgan fingerprint density at radius 3 is 2.83 bits per heavy atom. The van der Waals surface area contributed by atoms with Gasteiger partial charge in [-0.1, -0.05) is 6.07 Å². The highest BCUT2D eigenvalue weighted by Crippen LogP contribution is 2.20. The number of thiophene rings is 1. The summed E-state index contributed by atoms with van der Waals surface area (Å²) in [5.41, 5.74) is 0. The summed E-state index contributed by atoms with van der Waals surface area (Å²) in [7, 11) is 2.16. The summed E-state index contributed by atoms with van der Waals surface area (Å²) in [6.07, 6.45) is 2.88. The van der Waals surface area contributed by atoms with Crippen molar-refractivity contribution in [2.24, 2.45) is 0 Å². The number of likely N-dealkylation sites (N-methyl/N-ethyl adjacent to an activating group) is 1. The van der Waals surface area contributed by atoms with Gasteiger partial charge in [-0.15, -0.1) is 11.3 Å². The van der Waals surface area contributed by atoms with E-state index in [0.29, 0.717) is 19.4 Å². The SMILES string of the molecule is CN1CCCN([C@H]2CCN(C(=O)Cc3cccs3)CC[C@@H]2O)CC1. The maximum atomic E-state index is 12.5. The van der Waals surface area contributed by atoms with Crippen molar-refractivity contribution in [3.8, 4) is 0 Å². The van der Waals surface area contributed by atoms with Crippen LogP contribution in [0.2, 0.25) is 0 Å². The number of carbonyl (C=O) groups excluding carboxylic acids is 1. The molecule has 3 heterocycles. The number of hydrogen-bond acceptors (Lipinski definition) is 5. The molecule has 134 valence electrons. The third kappa shape index (κ3) is 4.57. The molecule has 5 nitrogen and oxygen atoms in total. The van der Waals surface area contributed by atoms with Crippen molar-refractivity contribution in [1.29, 1.82) is 0 Å². The zero-order chi connectivity index (χ0) is 16.9. The van der Waals surface area contributed by atoms with Crippen LogP contribution in [0.15, 0.2) is 17.5 Å². The molecule has 0 spiro atoms. The van der Waals surface area contributed by atoms with Crippen molar-refractivity contribution in [3.63, 3.8) is 0 Å². The first-order valence-electron chi connectivity index (χ1n) is 9.04. The Hall–Kier alpha value is -0.950. The topological polar surface area (TPSA) is 47.0 Å². The van der Waals surface area contributed by atoms with Gasteiger partial charge in [0.1, 0.15) is 0 Å². The van der Waals surface area contributed by atoms with Crippen molar-refractivity contribution in [1.82, 2.24) is 14.7 Å². The minimum absolute atomic E-state index is 0.191. The first-order valence-corrected chi connectivity index (χ1v) is 9.92. The number of aliphatic hydroxyl groups is 1. The largest absolute Gasteiger partial charge is 0.391 e. The lowest BCUT2D eigenvalue weighted by atomic mass is 10.0. The molecule has 2 fully saturated rings. The van der Waals surface area contributed by atoms with Crippen LogP contribution < -0.4 is 0 Å². The van der Waals surface area contributed by atoms with Crippen LogP contribution in [0.3, 0.4) is 0 Å². The monoisotopic (exact) mass is 351 g/mol. The van der Waals surface area contributed by atoms with Crippen molar-refractivity contribution < 1.29 is 9.90 Å². The van der Waals surface area contributed by atoms with Gasteiger partial charge in [0, 0.05) is 37.1 Å². The summed E-state index contributed by atoms with van der Waals surface area (Å²) in [5, 5.41) is 12.6. The Kier molecular flexibility index (Phi) is 6.27. The van der Waals surface area contributed by atoms with Gasteiger partial charge in [-0.2, -0.15) is 0 Å². The molecule has 1 aromatic rings. The molecule has 24 heavy (non-hydrogen) atoms. The number of likely N-dealkylation sites (tertiary alicyclic amines) is 1. The summed E-state index contributed by atoms with van der Waals surface area (Å²) in [6, 6.07) is 4.20. The molecular weight excluding hydrogens is 322 g/mol. The highest BCUT2D eigenvalue weighted by atomic mass is 32.1. The fourth-order valence-corrected chi connectivity index (χ4v) is 4.52. The van der Waals surface area contributed by atoms with Gasteiger partial charge in [0.25, 0.3) is 0 Å². The van der Waals surface area contributed by atoms with Crippen LogP contribution in [0.4, 0.5) is 0 Å². The van der Waals surface area contributed by atoms with Crippen molar-refractivity contribution in [3.05, 3.63) is 22.4 Å². The maximum absolute atomic E-state index is 12.5. The van der Waals surface area contributed by atoms with Crippen molar-refractivity contribution in [2.45, 2.75) is 37.8 Å². The van der Waals surface area contributed by atoms with E-state index in [2.05, 4.69) is 16.8 Å². The Bertz CT molecular complexity index is 522. The first-order chi connectivity index (χ1) is 11.6. The lowest BCUT2D eigenvalue weighted by Gasteiger charge is -2.32. The van der Waals surface area contributed by atoms with E-state index in [9.17, 15) is 9.90 Å². The van der Waals surface area contributed by atoms with E-state index in [4.69, 9.17) is 0 Å². The molecule has 0 radical (unpaired) electrons. The molecule has 1 aromatic heterocycles. The standard InChI is InChI=1S/C18H29N3O2S/c1-19-7-3-8-20(12-11-19)16-5-9-21(10-6-17(16)22)18(23)14-15-4-2-13-24-15/h2,4,13,16-17,22H,3,5-12,14H2,1H3/t16-,17-/m0/s1. The van der Waals surface area contributed by atoms with Crippen LogP contribution >= 0.6 is 11.3 Å². The maximum Gasteiger partial charge on any atom is 0.227 e. The summed E-state index contributed by atoms with van der Waals surface area (Å²) < 4.78 is 0. The molecule has 1 N–H and O–H groups in total. The molecule has 2 aliphatic heterocycles. The second-order valence-corrected chi connectivity index (χ2v) is 8.07. The Morgan fingerprint density at radius 1 is 1.21 bits per heavy atom. The van der Waals surface area contributed by atoms with Gasteiger partial charge >= 0.3 is 0 Å². The number of nitrogens with zero attached hydrogens (tertiary/aromatic N) is 3. The predicted molar refractivity (Wildman–Crippen MR) is 97.3 cm³/mol. The number of hydrogen-bond donors (Lipinski definition) is 1. The number of carbonyl (C=O) groups is 1. The van der Waals surface area contributed by atoms with Crippen LogP contribution in [0.5, 0.6) is 0 Å². The average molecular weight is 352 g/mol. The van der Waals surface area contributed by atoms with Crippen LogP contribution in [0.25, 0.3) is 0 Å². The van der Waals surface area contributed by atoms with E-state index in [1.807, 2.05) is 22.4 Å². The zero-order valence-corrected chi connectivity index (χ0v) is 15.4. The quantitative estimate of drug-likeness (QED) is 0.891. The van der Waals surface area contributed by atoms with Crippen molar-refractivity contribution in [2.75, 3.05) is 46.3 Å². The number of amides is 1. The third-order valence-electron chi connectivity index (χ3n) is 5.32. The molecule has 6 heteroatoms. The van der Waals surface area contributed by atoms with E-state index in [0.717, 1.165) is 50.4 Å². The molecule has 0 saturated carbocycles. The molecule has 0 aromatic carbocycles. The Balaban J connectivity index is 1.57. The van der Waals surface area contributed by atoms with Crippen molar-refractivity contribution >= 4 is 17.2 Å². The Labute approximate surface area is 148 Å². The summed E-state index contributed by atoms with van der Waals surface area (Å²) in [5.74, 6) is 0.195. The van der Waals surface area contributed by atoms with Gasteiger partial charge in [-0.3, -0.25) is 9.69 Å². The molecule has 3 rings (SSSR count). The average Bonchev–Trinajstić information content (AvgIpc) is 2.87. The fourth-order valence-electron chi connectivity index (χ4n) is 3.82. The lowest BCUT2D eigenvalue weighted by molar-refractivity contribution is -0.130. The first kappa shape index (κ1) is 17.9. The second kappa shape index (κ2) is 8.43. The number of rotatable bonds is 3. The fraction of sp³-hybridized carbons (Fsp3) is 0.722. The lowest BCUT2D eigenvalue weighted by Crippen LogP contribution is -2.45. The molecular formula is C18H29N3O2S. The highest BCUT2D eigenvalue weighted by Gasteiger charge is 2.31. The van der Waals surface area contributed by atoms with Crippen LogP contribution in [0, 0.1) is 0 Å². The molecule has 2 atom stereocenters. The summed E-state index contributed by atoms with van der Waals surface area (Å²) in [4.78, 5) is 20.4. The molecule has 2 aliphatic rings. The molecule has 2 saturated heterocycles. The van der Waals surface area contributed by atoms with Crippen LogP contribution in [0.1, 0.15) is 24.1 Å². The van der Waals surface area contributed by atoms with Gasteiger partial charge in [0.05, 0.1) is 12.5 Å². The summed E-state index contributed by atoms with van der Waals surface area (Å²) >= 11 is 1.64. The van der Waals surface area contributed by atoms with Gasteiger partial charge in [-0.25, -0.2) is 0 Å². The predicted octanol–water partition coefficient (Wildman–Crippen LogP) is 1.28. The third-order valence-corrected chi connectivity index (χ3v) is 6.19. The minimum Gasteiger partial charge on any atom is -0.391 e. The highest BCUT2D eigenvalue weighted by molar-refractivity contribution is 7.10. The molecule has 0 unspecified atom stereocenters. The minimum atomic E-state index is -0.326. The van der Waals surface area contributed by atoms with Gasteiger partial charge in [0.15, 0.2) is 0 Å². The van der Waals surface area contributed by atoms with E-state index in [-0.39, 0.29) is 18.1 Å². The smallest absolute Gasteiger partial charge is 0.227 e. The summed E-state index contributed by atoms with van der Waals surface area (Å²) in [6.45, 7) is 5.69. The number of aliphatic hydroxyl groups excluding tert-OH is 1. The van der Waals surface area contributed by atoms with Gasteiger partial charge in [-0.05, 0) is 50.8 Å². The zero-order valence-electron chi connectivity index (χ0n) is 14.6. The van der Waals surface area contributed by atoms with E-state index in [1.165, 1.54) is 0 Å². The molecule has 0 aliphatic carbocycles. The Morgan fingerprint density at radius 2 is 2.04 bits per heavy atom. The van der Waals surface area contributed by atoms with Gasteiger partial charge < -0.3 is 14.9 Å². The normalized spacial score (nSPS) is 27.7. The van der Waals surface area contributed by atoms with E-state index < -0.39 is 0 Å². The van der Waals surface area contributed by atoms with E-state index >= 15 is 0 Å². The van der Waals surface area contributed by atoms with Gasteiger partial charge in [0.2, 0.25) is 5.91 Å². The van der Waals surface area contributed by atoms with E-state index in [1.54, 1.807) is 11.3 Å². The van der Waals surface area contributed by atoms with Crippen LogP contribution in [-0.2, 0) is 11.2 Å². The molecule has 1 amide bonds. The molecule has 0 bridgehead atoms.